The zero-order valence-electron chi connectivity index (χ0n) is 8.36. The number of ether oxygens (including phenoxy) is 2. The fraction of sp³-hybridized carbons (Fsp3) is 0.889. The molecule has 0 bridgehead atoms. The Balaban J connectivity index is 2.55. The molecule has 1 heterocycles. The summed E-state index contributed by atoms with van der Waals surface area (Å²) in [6.07, 6.45) is 0.527. The van der Waals surface area contributed by atoms with Crippen LogP contribution in [0.15, 0.2) is 0 Å². The molecule has 1 saturated heterocycles. The summed E-state index contributed by atoms with van der Waals surface area (Å²) in [6, 6.07) is 0. The molecule has 1 aliphatic heterocycles. The fourth-order valence-electron chi connectivity index (χ4n) is 1.54. The maximum absolute atomic E-state index is 10.6. The van der Waals surface area contributed by atoms with E-state index in [0.29, 0.717) is 32.6 Å². The van der Waals surface area contributed by atoms with Crippen LogP contribution in [0.1, 0.15) is 19.8 Å². The lowest BCUT2D eigenvalue weighted by molar-refractivity contribution is -0.172. The van der Waals surface area contributed by atoms with Gasteiger partial charge in [0.15, 0.2) is 6.10 Å². The average molecular weight is 203 g/mol. The van der Waals surface area contributed by atoms with E-state index < -0.39 is 17.7 Å². The largest absolute Gasteiger partial charge is 0.479 e. The summed E-state index contributed by atoms with van der Waals surface area (Å²) < 4.78 is 10.7. The second-order valence-electron chi connectivity index (χ2n) is 3.60. The number of hydrogen-bond acceptors (Lipinski definition) is 4. The molecule has 0 aliphatic carbocycles. The first-order chi connectivity index (χ1) is 6.59. The predicted molar refractivity (Wildman–Crippen MR) is 50.0 cm³/mol. The minimum Gasteiger partial charge on any atom is -0.479 e. The summed E-state index contributed by atoms with van der Waals surface area (Å²) in [5.41, 5.74) is 5.11. The van der Waals surface area contributed by atoms with E-state index in [-0.39, 0.29) is 0 Å². The molecule has 1 aliphatic rings. The number of aliphatic carboxylic acids is 1. The minimum absolute atomic E-state index is 0.341. The third-order valence-electron chi connectivity index (χ3n) is 2.55. The van der Waals surface area contributed by atoms with Gasteiger partial charge in [0.2, 0.25) is 0 Å². The second kappa shape index (κ2) is 4.72. The van der Waals surface area contributed by atoms with Crippen molar-refractivity contribution < 1.29 is 19.4 Å². The Hall–Kier alpha value is -0.650. The monoisotopic (exact) mass is 203 g/mol. The van der Waals surface area contributed by atoms with E-state index in [9.17, 15) is 4.79 Å². The van der Waals surface area contributed by atoms with Crippen molar-refractivity contribution in [1.82, 2.24) is 0 Å². The maximum atomic E-state index is 10.6. The first-order valence-electron chi connectivity index (χ1n) is 4.78. The zero-order valence-corrected chi connectivity index (χ0v) is 8.36. The molecule has 0 saturated carbocycles. The van der Waals surface area contributed by atoms with E-state index in [1.807, 2.05) is 0 Å². The van der Waals surface area contributed by atoms with Gasteiger partial charge in [0.25, 0.3) is 0 Å². The van der Waals surface area contributed by atoms with Crippen molar-refractivity contribution in [3.63, 3.8) is 0 Å². The Labute approximate surface area is 83.2 Å². The average Bonchev–Trinajstić information content (AvgIpc) is 2.19. The summed E-state index contributed by atoms with van der Waals surface area (Å²) in [4.78, 5) is 10.6. The predicted octanol–water partition coefficient (Wildman–Crippen LogP) is -0.0160. The highest BCUT2D eigenvalue weighted by Gasteiger charge is 2.35. The molecular weight excluding hydrogens is 186 g/mol. The molecule has 0 aromatic rings. The van der Waals surface area contributed by atoms with Gasteiger partial charge in [-0.3, -0.25) is 0 Å². The Bertz CT molecular complexity index is 201. The molecule has 1 rings (SSSR count). The van der Waals surface area contributed by atoms with E-state index in [1.54, 1.807) is 0 Å². The van der Waals surface area contributed by atoms with Crippen LogP contribution in [0, 0.1) is 0 Å². The maximum Gasteiger partial charge on any atom is 0.332 e. The summed E-state index contributed by atoms with van der Waals surface area (Å²) in [5.74, 6) is -0.954. The van der Waals surface area contributed by atoms with Crippen LogP contribution >= 0.6 is 0 Å². The number of rotatable bonds is 4. The lowest BCUT2D eigenvalue weighted by atomic mass is 9.94. The van der Waals surface area contributed by atoms with E-state index in [1.165, 1.54) is 6.92 Å². The van der Waals surface area contributed by atoms with Gasteiger partial charge in [-0.1, -0.05) is 0 Å². The van der Waals surface area contributed by atoms with Gasteiger partial charge in [-0.05, 0) is 6.92 Å². The van der Waals surface area contributed by atoms with Crippen molar-refractivity contribution in [3.8, 4) is 0 Å². The molecule has 1 unspecified atom stereocenters. The number of carboxylic acids is 1. The highest BCUT2D eigenvalue weighted by molar-refractivity contribution is 5.71. The van der Waals surface area contributed by atoms with Crippen molar-refractivity contribution in [2.45, 2.75) is 31.5 Å². The fourth-order valence-corrected chi connectivity index (χ4v) is 1.54. The van der Waals surface area contributed by atoms with Gasteiger partial charge in [0.1, 0.15) is 0 Å². The lowest BCUT2D eigenvalue weighted by Crippen LogP contribution is -2.48. The lowest BCUT2D eigenvalue weighted by Gasteiger charge is -2.37. The smallest absolute Gasteiger partial charge is 0.332 e. The van der Waals surface area contributed by atoms with Crippen LogP contribution in [0.2, 0.25) is 0 Å². The summed E-state index contributed by atoms with van der Waals surface area (Å²) in [6.45, 7) is 3.04. The number of hydrogen-bond donors (Lipinski definition) is 2. The standard InChI is InChI=1S/C9H17NO4/c1-7(8(11)12)14-9(6-10)2-4-13-5-3-9/h7H,2-6,10H2,1H3,(H,11,12). The number of nitrogens with two attached hydrogens (primary N) is 1. The zero-order chi connectivity index (χ0) is 10.6. The van der Waals surface area contributed by atoms with Gasteiger partial charge < -0.3 is 20.3 Å². The van der Waals surface area contributed by atoms with Gasteiger partial charge in [-0.25, -0.2) is 4.79 Å². The molecule has 14 heavy (non-hydrogen) atoms. The molecule has 0 spiro atoms. The highest BCUT2D eigenvalue weighted by Crippen LogP contribution is 2.25. The summed E-state index contributed by atoms with van der Waals surface area (Å²) in [7, 11) is 0. The highest BCUT2D eigenvalue weighted by atomic mass is 16.5. The molecule has 0 aromatic heterocycles. The van der Waals surface area contributed by atoms with E-state index in [2.05, 4.69) is 0 Å². The molecule has 82 valence electrons. The van der Waals surface area contributed by atoms with Crippen LogP contribution in [0.5, 0.6) is 0 Å². The van der Waals surface area contributed by atoms with Gasteiger partial charge in [0.05, 0.1) is 5.60 Å². The van der Waals surface area contributed by atoms with Crippen LogP contribution < -0.4 is 5.73 Å². The van der Waals surface area contributed by atoms with Crippen LogP contribution in [0.25, 0.3) is 0 Å². The van der Waals surface area contributed by atoms with Crippen molar-refractivity contribution in [2.24, 2.45) is 5.73 Å². The van der Waals surface area contributed by atoms with Crippen molar-refractivity contribution >= 4 is 5.97 Å². The van der Waals surface area contributed by atoms with Crippen LogP contribution in [-0.2, 0) is 14.3 Å². The molecule has 0 radical (unpaired) electrons. The van der Waals surface area contributed by atoms with Gasteiger partial charge in [0, 0.05) is 32.6 Å². The Morgan fingerprint density at radius 2 is 2.21 bits per heavy atom. The van der Waals surface area contributed by atoms with Crippen LogP contribution in [0.3, 0.4) is 0 Å². The molecule has 1 atom stereocenters. The molecule has 1 fully saturated rings. The number of carboxylic acid groups (broad SMARTS) is 1. The third-order valence-corrected chi connectivity index (χ3v) is 2.55. The SMILES string of the molecule is CC(OC1(CN)CCOCC1)C(=O)O. The Morgan fingerprint density at radius 1 is 1.64 bits per heavy atom. The van der Waals surface area contributed by atoms with E-state index in [0.717, 1.165) is 0 Å². The van der Waals surface area contributed by atoms with Gasteiger partial charge >= 0.3 is 5.97 Å². The second-order valence-corrected chi connectivity index (χ2v) is 3.60. The molecule has 3 N–H and O–H groups in total. The summed E-state index contributed by atoms with van der Waals surface area (Å²) in [5, 5.41) is 8.73. The Morgan fingerprint density at radius 3 is 2.64 bits per heavy atom. The van der Waals surface area contributed by atoms with Crippen molar-refractivity contribution in [1.29, 1.82) is 0 Å². The molecule has 0 aromatic carbocycles. The molecule has 5 nitrogen and oxygen atoms in total. The summed E-state index contributed by atoms with van der Waals surface area (Å²) >= 11 is 0. The third kappa shape index (κ3) is 2.67. The van der Waals surface area contributed by atoms with E-state index >= 15 is 0 Å². The van der Waals surface area contributed by atoms with Crippen LogP contribution in [-0.4, -0.2) is 42.5 Å². The Kier molecular flexibility index (Phi) is 3.86. The topological polar surface area (TPSA) is 81.8 Å². The van der Waals surface area contributed by atoms with Crippen molar-refractivity contribution in [3.05, 3.63) is 0 Å². The van der Waals surface area contributed by atoms with Crippen LogP contribution in [0.4, 0.5) is 0 Å². The van der Waals surface area contributed by atoms with Gasteiger partial charge in [-0.15, -0.1) is 0 Å². The first kappa shape index (κ1) is 11.4. The molecular formula is C9H17NO4. The van der Waals surface area contributed by atoms with Gasteiger partial charge in [-0.2, -0.15) is 0 Å². The minimum atomic E-state index is -0.954. The van der Waals surface area contributed by atoms with E-state index in [4.69, 9.17) is 20.3 Å². The molecule has 0 amide bonds. The molecule has 5 heteroatoms. The number of carbonyl (C=O) groups is 1. The van der Waals surface area contributed by atoms with Crippen molar-refractivity contribution in [2.75, 3.05) is 19.8 Å². The normalized spacial score (nSPS) is 23.0. The quantitative estimate of drug-likeness (QED) is 0.671. The first-order valence-corrected chi connectivity index (χ1v) is 4.78.